The molecule has 25 heavy (non-hydrogen) atoms. The molecule has 0 aromatic carbocycles. The summed E-state index contributed by atoms with van der Waals surface area (Å²) >= 11 is 0. The molecule has 3 rings (SSSR count). The first-order valence-electron chi connectivity index (χ1n) is 7.94. The SMILES string of the molecule is CCCc1nc(/N=C\N)cnc1Cn1ccnc1-c1ncccc1F. The molecule has 7 nitrogen and oxygen atoms in total. The molecule has 8 heteroatoms. The number of rotatable bonds is 6. The molecule has 0 fully saturated rings. The molecule has 0 aliphatic rings. The number of aromatic nitrogens is 5. The van der Waals surface area contributed by atoms with Crippen LogP contribution in [0.2, 0.25) is 0 Å². The lowest BCUT2D eigenvalue weighted by molar-refractivity contribution is 0.621. The third kappa shape index (κ3) is 3.68. The Labute approximate surface area is 144 Å². The van der Waals surface area contributed by atoms with Crippen LogP contribution in [0, 0.1) is 5.82 Å². The number of nitrogens with two attached hydrogens (primary N) is 1. The van der Waals surface area contributed by atoms with Crippen molar-refractivity contribution < 1.29 is 4.39 Å². The molecule has 0 amide bonds. The molecule has 0 atom stereocenters. The fourth-order valence-corrected chi connectivity index (χ4v) is 2.51. The Morgan fingerprint density at radius 1 is 1.24 bits per heavy atom. The summed E-state index contributed by atoms with van der Waals surface area (Å²) in [5.41, 5.74) is 7.15. The van der Waals surface area contributed by atoms with Gasteiger partial charge in [0.05, 0.1) is 30.5 Å². The molecule has 0 saturated carbocycles. The molecule has 0 radical (unpaired) electrons. The second kappa shape index (κ2) is 7.61. The minimum Gasteiger partial charge on any atom is -0.390 e. The summed E-state index contributed by atoms with van der Waals surface area (Å²) in [5.74, 6) is 0.505. The highest BCUT2D eigenvalue weighted by Gasteiger charge is 2.15. The number of halogens is 1. The fraction of sp³-hybridized carbons (Fsp3) is 0.235. The lowest BCUT2D eigenvalue weighted by Crippen LogP contribution is -2.09. The summed E-state index contributed by atoms with van der Waals surface area (Å²) in [6.45, 7) is 2.48. The molecular formula is C17H18FN7. The molecule has 0 aliphatic heterocycles. The maximum atomic E-state index is 14.0. The Morgan fingerprint density at radius 2 is 2.12 bits per heavy atom. The third-order valence-corrected chi connectivity index (χ3v) is 3.62. The van der Waals surface area contributed by atoms with Gasteiger partial charge in [-0.15, -0.1) is 0 Å². The molecule has 0 spiro atoms. The number of aryl methyl sites for hydroxylation is 1. The molecule has 3 aromatic heterocycles. The summed E-state index contributed by atoms with van der Waals surface area (Å²) in [5, 5.41) is 0. The Hall–Kier alpha value is -3.16. The van der Waals surface area contributed by atoms with Gasteiger partial charge in [0.15, 0.2) is 17.5 Å². The van der Waals surface area contributed by atoms with E-state index in [0.29, 0.717) is 18.2 Å². The van der Waals surface area contributed by atoms with Crippen LogP contribution in [0.5, 0.6) is 0 Å². The fourth-order valence-electron chi connectivity index (χ4n) is 2.51. The molecule has 2 N–H and O–H groups in total. The van der Waals surface area contributed by atoms with E-state index in [9.17, 15) is 4.39 Å². The second-order valence-corrected chi connectivity index (χ2v) is 5.36. The van der Waals surface area contributed by atoms with Crippen molar-refractivity contribution in [1.29, 1.82) is 0 Å². The van der Waals surface area contributed by atoms with Crippen molar-refractivity contribution in [3.8, 4) is 11.5 Å². The number of imidazole rings is 1. The van der Waals surface area contributed by atoms with Gasteiger partial charge in [-0.1, -0.05) is 13.3 Å². The summed E-state index contributed by atoms with van der Waals surface area (Å²) in [6.07, 6.45) is 9.37. The first-order chi connectivity index (χ1) is 12.2. The number of aliphatic imine (C=N–C) groups is 1. The minimum absolute atomic E-state index is 0.210. The van der Waals surface area contributed by atoms with Gasteiger partial charge in [0.2, 0.25) is 0 Å². The normalized spacial score (nSPS) is 11.3. The van der Waals surface area contributed by atoms with E-state index in [1.165, 1.54) is 12.4 Å². The number of nitrogens with zero attached hydrogens (tertiary/aromatic N) is 6. The molecule has 128 valence electrons. The highest BCUT2D eigenvalue weighted by atomic mass is 19.1. The molecular weight excluding hydrogens is 321 g/mol. The Bertz CT molecular complexity index is 888. The molecule has 3 heterocycles. The zero-order chi connectivity index (χ0) is 17.6. The van der Waals surface area contributed by atoms with Gasteiger partial charge in [0.25, 0.3) is 0 Å². The predicted molar refractivity (Wildman–Crippen MR) is 92.9 cm³/mol. The third-order valence-electron chi connectivity index (χ3n) is 3.62. The van der Waals surface area contributed by atoms with E-state index in [0.717, 1.165) is 24.2 Å². The van der Waals surface area contributed by atoms with Gasteiger partial charge in [-0.25, -0.2) is 24.3 Å². The van der Waals surface area contributed by atoms with Crippen molar-refractivity contribution in [2.45, 2.75) is 26.3 Å². The van der Waals surface area contributed by atoms with Gasteiger partial charge in [-0.05, 0) is 18.6 Å². The van der Waals surface area contributed by atoms with Crippen molar-refractivity contribution in [2.75, 3.05) is 0 Å². The van der Waals surface area contributed by atoms with E-state index in [1.807, 2.05) is 0 Å². The van der Waals surface area contributed by atoms with E-state index >= 15 is 0 Å². The summed E-state index contributed by atoms with van der Waals surface area (Å²) in [7, 11) is 0. The second-order valence-electron chi connectivity index (χ2n) is 5.36. The Kier molecular flexibility index (Phi) is 5.08. The smallest absolute Gasteiger partial charge is 0.172 e. The maximum absolute atomic E-state index is 14.0. The van der Waals surface area contributed by atoms with E-state index in [-0.39, 0.29) is 5.69 Å². The molecule has 0 unspecified atom stereocenters. The minimum atomic E-state index is -0.414. The predicted octanol–water partition coefficient (Wildman–Crippen LogP) is 2.49. The van der Waals surface area contributed by atoms with Crippen molar-refractivity contribution in [3.05, 3.63) is 54.1 Å². The van der Waals surface area contributed by atoms with Gasteiger partial charge < -0.3 is 10.3 Å². The van der Waals surface area contributed by atoms with Crippen molar-refractivity contribution in [2.24, 2.45) is 10.7 Å². The maximum Gasteiger partial charge on any atom is 0.172 e. The van der Waals surface area contributed by atoms with E-state index < -0.39 is 5.82 Å². The lowest BCUT2D eigenvalue weighted by Gasteiger charge is -2.11. The van der Waals surface area contributed by atoms with Gasteiger partial charge in [0, 0.05) is 18.6 Å². The van der Waals surface area contributed by atoms with Crippen LogP contribution in [0.3, 0.4) is 0 Å². The number of hydrogen-bond acceptors (Lipinski definition) is 5. The molecule has 0 aliphatic carbocycles. The largest absolute Gasteiger partial charge is 0.390 e. The van der Waals surface area contributed by atoms with Gasteiger partial charge in [0.1, 0.15) is 5.69 Å². The molecule has 0 saturated heterocycles. The van der Waals surface area contributed by atoms with Crippen molar-refractivity contribution in [3.63, 3.8) is 0 Å². The Balaban J connectivity index is 1.96. The molecule has 0 bridgehead atoms. The quantitative estimate of drug-likeness (QED) is 0.550. The first-order valence-corrected chi connectivity index (χ1v) is 7.94. The van der Waals surface area contributed by atoms with Gasteiger partial charge in [-0.2, -0.15) is 0 Å². The summed E-state index contributed by atoms with van der Waals surface area (Å²) in [6, 6.07) is 2.91. The highest BCUT2D eigenvalue weighted by Crippen LogP contribution is 2.20. The van der Waals surface area contributed by atoms with Gasteiger partial charge >= 0.3 is 0 Å². The zero-order valence-corrected chi connectivity index (χ0v) is 13.8. The van der Waals surface area contributed by atoms with Crippen LogP contribution in [0.25, 0.3) is 11.5 Å². The summed E-state index contributed by atoms with van der Waals surface area (Å²) < 4.78 is 15.8. The van der Waals surface area contributed by atoms with Crippen LogP contribution in [-0.2, 0) is 13.0 Å². The number of pyridine rings is 1. The van der Waals surface area contributed by atoms with Crippen LogP contribution in [0.1, 0.15) is 24.7 Å². The van der Waals surface area contributed by atoms with Crippen LogP contribution in [0.4, 0.5) is 10.2 Å². The standard InChI is InChI=1S/C17H18FN7/c1-2-4-13-14(22-9-15(24-13)23-11-19)10-25-8-7-21-17(25)16-12(18)5-3-6-20-16/h3,5-9,11H,2,4,10H2,1H3,(H2,19,23,24). The van der Waals surface area contributed by atoms with Crippen LogP contribution >= 0.6 is 0 Å². The van der Waals surface area contributed by atoms with E-state index in [4.69, 9.17) is 5.73 Å². The topological polar surface area (TPSA) is 94.9 Å². The summed E-state index contributed by atoms with van der Waals surface area (Å²) in [4.78, 5) is 21.2. The van der Waals surface area contributed by atoms with Crippen molar-refractivity contribution in [1.82, 2.24) is 24.5 Å². The lowest BCUT2D eigenvalue weighted by atomic mass is 10.2. The van der Waals surface area contributed by atoms with Gasteiger partial charge in [-0.3, -0.25) is 4.98 Å². The first kappa shape index (κ1) is 16.7. The monoisotopic (exact) mass is 339 g/mol. The highest BCUT2D eigenvalue weighted by molar-refractivity contribution is 5.56. The van der Waals surface area contributed by atoms with E-state index in [2.05, 4.69) is 31.9 Å². The Morgan fingerprint density at radius 3 is 2.88 bits per heavy atom. The van der Waals surface area contributed by atoms with E-state index in [1.54, 1.807) is 35.4 Å². The number of hydrogen-bond donors (Lipinski definition) is 1. The van der Waals surface area contributed by atoms with Crippen LogP contribution < -0.4 is 5.73 Å². The van der Waals surface area contributed by atoms with Crippen LogP contribution in [0.15, 0.2) is 41.9 Å². The van der Waals surface area contributed by atoms with Crippen molar-refractivity contribution >= 4 is 12.2 Å². The average Bonchev–Trinajstić information content (AvgIpc) is 3.06. The zero-order valence-electron chi connectivity index (χ0n) is 13.8. The molecule has 3 aromatic rings. The average molecular weight is 339 g/mol. The van der Waals surface area contributed by atoms with Crippen LogP contribution in [-0.4, -0.2) is 30.8 Å².